The van der Waals surface area contributed by atoms with Gasteiger partial charge in [-0.15, -0.1) is 11.3 Å². The molecule has 1 aliphatic rings. The third-order valence-electron chi connectivity index (χ3n) is 4.27. The summed E-state index contributed by atoms with van der Waals surface area (Å²) in [6.45, 7) is 0. The predicted molar refractivity (Wildman–Crippen MR) is 119 cm³/mol. The van der Waals surface area contributed by atoms with E-state index < -0.39 is 10.0 Å². The van der Waals surface area contributed by atoms with Gasteiger partial charge < -0.3 is 5.32 Å². The first-order chi connectivity index (χ1) is 13.7. The largest absolute Gasteiger partial charge is 0.357 e. The molecule has 0 unspecified atom stereocenters. The molecule has 0 spiro atoms. The standard InChI is InChI=1S/C18H17Cl2N5O2S2/c1-21-18-22-6-5-12(23-18)16-15(24-17(28-16)9-3-4-9)11-7-10(19)8-13(14(11)20)25-29(2,26)27/h5-9,25H,3-4H2,1-2H3,(H,21,22,23). The van der Waals surface area contributed by atoms with Crippen LogP contribution in [0.5, 0.6) is 0 Å². The quantitative estimate of drug-likeness (QED) is 0.534. The van der Waals surface area contributed by atoms with Gasteiger partial charge in [-0.05, 0) is 31.0 Å². The number of aromatic nitrogens is 3. The van der Waals surface area contributed by atoms with E-state index in [9.17, 15) is 8.42 Å². The Hall–Kier alpha value is -1.94. The van der Waals surface area contributed by atoms with E-state index in [0.29, 0.717) is 33.8 Å². The molecular formula is C18H17Cl2N5O2S2. The lowest BCUT2D eigenvalue weighted by Crippen LogP contribution is -2.10. The highest BCUT2D eigenvalue weighted by molar-refractivity contribution is 7.92. The SMILES string of the molecule is CNc1nccc(-c2sc(C3CC3)nc2-c2cc(Cl)cc(NS(C)(=O)=O)c2Cl)n1. The zero-order chi connectivity index (χ0) is 20.8. The molecule has 0 bridgehead atoms. The van der Waals surface area contributed by atoms with Gasteiger partial charge in [0.05, 0.1) is 38.2 Å². The van der Waals surface area contributed by atoms with Gasteiger partial charge in [-0.25, -0.2) is 23.4 Å². The smallest absolute Gasteiger partial charge is 0.229 e. The topological polar surface area (TPSA) is 96.9 Å². The second-order valence-corrected chi connectivity index (χ2v) is 10.3. The maximum atomic E-state index is 11.7. The monoisotopic (exact) mass is 469 g/mol. The van der Waals surface area contributed by atoms with Crippen LogP contribution in [0.25, 0.3) is 21.8 Å². The van der Waals surface area contributed by atoms with Crippen LogP contribution in [0.4, 0.5) is 11.6 Å². The van der Waals surface area contributed by atoms with Crippen molar-refractivity contribution in [2.75, 3.05) is 23.3 Å². The van der Waals surface area contributed by atoms with E-state index >= 15 is 0 Å². The summed E-state index contributed by atoms with van der Waals surface area (Å²) in [6.07, 6.45) is 4.93. The van der Waals surface area contributed by atoms with Crippen molar-refractivity contribution >= 4 is 56.2 Å². The molecule has 0 radical (unpaired) electrons. The highest BCUT2D eigenvalue weighted by atomic mass is 35.5. The van der Waals surface area contributed by atoms with Crippen molar-refractivity contribution in [1.82, 2.24) is 15.0 Å². The Morgan fingerprint density at radius 3 is 2.62 bits per heavy atom. The van der Waals surface area contributed by atoms with Crippen molar-refractivity contribution in [3.63, 3.8) is 0 Å². The highest BCUT2D eigenvalue weighted by Gasteiger charge is 2.30. The second kappa shape index (κ2) is 7.71. The van der Waals surface area contributed by atoms with Crippen LogP contribution in [0.15, 0.2) is 24.4 Å². The first-order valence-electron chi connectivity index (χ1n) is 8.74. The third-order valence-corrected chi connectivity index (χ3v) is 6.73. The molecule has 7 nitrogen and oxygen atoms in total. The molecule has 0 atom stereocenters. The summed E-state index contributed by atoms with van der Waals surface area (Å²) in [5.41, 5.74) is 2.09. The number of hydrogen-bond acceptors (Lipinski definition) is 7. The Kier molecular flexibility index (Phi) is 5.41. The molecule has 2 heterocycles. The van der Waals surface area contributed by atoms with Crippen LogP contribution in [0.2, 0.25) is 10.0 Å². The van der Waals surface area contributed by atoms with Gasteiger partial charge in [0.25, 0.3) is 0 Å². The molecular weight excluding hydrogens is 453 g/mol. The zero-order valence-corrected chi connectivity index (χ0v) is 18.7. The number of benzene rings is 1. The van der Waals surface area contributed by atoms with Crippen LogP contribution in [0.1, 0.15) is 23.8 Å². The molecule has 1 aliphatic carbocycles. The number of rotatable bonds is 6. The van der Waals surface area contributed by atoms with Crippen LogP contribution >= 0.6 is 34.5 Å². The van der Waals surface area contributed by atoms with Crippen LogP contribution in [-0.2, 0) is 10.0 Å². The Morgan fingerprint density at radius 1 is 1.21 bits per heavy atom. The molecule has 3 aromatic rings. The zero-order valence-electron chi connectivity index (χ0n) is 15.5. The summed E-state index contributed by atoms with van der Waals surface area (Å²) in [5, 5.41) is 4.52. The van der Waals surface area contributed by atoms with Crippen LogP contribution in [-0.4, -0.2) is 36.7 Å². The Balaban J connectivity index is 1.91. The molecule has 152 valence electrons. The van der Waals surface area contributed by atoms with Crippen molar-refractivity contribution < 1.29 is 8.42 Å². The molecule has 29 heavy (non-hydrogen) atoms. The maximum Gasteiger partial charge on any atom is 0.229 e. The Bertz CT molecular complexity index is 1190. The molecule has 0 amide bonds. The van der Waals surface area contributed by atoms with Gasteiger partial charge in [-0.2, -0.15) is 0 Å². The predicted octanol–water partition coefficient (Wildman–Crippen LogP) is 4.86. The van der Waals surface area contributed by atoms with E-state index in [-0.39, 0.29) is 10.7 Å². The molecule has 0 saturated heterocycles. The fourth-order valence-corrected chi connectivity index (χ4v) is 5.14. The number of hydrogen-bond donors (Lipinski definition) is 2. The number of thiazole rings is 1. The van der Waals surface area contributed by atoms with Crippen LogP contribution in [0, 0.1) is 0 Å². The van der Waals surface area contributed by atoms with E-state index in [1.807, 2.05) is 6.07 Å². The minimum atomic E-state index is -3.52. The van der Waals surface area contributed by atoms with Crippen LogP contribution < -0.4 is 10.0 Å². The van der Waals surface area contributed by atoms with Gasteiger partial charge in [0, 0.05) is 29.7 Å². The van der Waals surface area contributed by atoms with Crippen molar-refractivity contribution in [1.29, 1.82) is 0 Å². The lowest BCUT2D eigenvalue weighted by molar-refractivity contribution is 0.607. The second-order valence-electron chi connectivity index (χ2n) is 6.71. The van der Waals surface area contributed by atoms with Crippen molar-refractivity contribution in [3.8, 4) is 21.8 Å². The first-order valence-corrected chi connectivity index (χ1v) is 12.2. The third kappa shape index (κ3) is 4.48. The number of sulfonamides is 1. The highest BCUT2D eigenvalue weighted by Crippen LogP contribution is 2.48. The molecule has 1 aromatic carbocycles. The Labute approximate surface area is 182 Å². The van der Waals surface area contributed by atoms with Gasteiger partial charge in [-0.1, -0.05) is 23.2 Å². The van der Waals surface area contributed by atoms with Crippen molar-refractivity contribution in [2.24, 2.45) is 0 Å². The van der Waals surface area contributed by atoms with E-state index in [1.54, 1.807) is 30.6 Å². The fourth-order valence-electron chi connectivity index (χ4n) is 2.84. The lowest BCUT2D eigenvalue weighted by atomic mass is 10.1. The van der Waals surface area contributed by atoms with Crippen LogP contribution in [0.3, 0.4) is 0 Å². The average Bonchev–Trinajstić information content (AvgIpc) is 3.42. The Morgan fingerprint density at radius 2 is 1.97 bits per heavy atom. The number of nitrogens with one attached hydrogen (secondary N) is 2. The van der Waals surface area contributed by atoms with E-state index in [0.717, 1.165) is 29.0 Å². The minimum Gasteiger partial charge on any atom is -0.357 e. The van der Waals surface area contributed by atoms with Gasteiger partial charge >= 0.3 is 0 Å². The van der Waals surface area contributed by atoms with E-state index in [1.165, 1.54) is 6.07 Å². The molecule has 1 fully saturated rings. The fraction of sp³-hybridized carbons (Fsp3) is 0.278. The molecule has 1 saturated carbocycles. The van der Waals surface area contributed by atoms with Gasteiger partial charge in [0.15, 0.2) is 0 Å². The summed E-state index contributed by atoms with van der Waals surface area (Å²) in [7, 11) is -1.78. The molecule has 11 heteroatoms. The van der Waals surface area contributed by atoms with Gasteiger partial charge in [0.2, 0.25) is 16.0 Å². The van der Waals surface area contributed by atoms with E-state index in [2.05, 4.69) is 20.0 Å². The van der Waals surface area contributed by atoms with Crippen molar-refractivity contribution in [2.45, 2.75) is 18.8 Å². The van der Waals surface area contributed by atoms with E-state index in [4.69, 9.17) is 28.2 Å². The first kappa shape index (κ1) is 20.3. The summed E-state index contributed by atoms with van der Waals surface area (Å²) in [4.78, 5) is 14.4. The molecule has 4 rings (SSSR count). The van der Waals surface area contributed by atoms with Gasteiger partial charge in [-0.3, -0.25) is 4.72 Å². The summed E-state index contributed by atoms with van der Waals surface area (Å²) in [6, 6.07) is 4.97. The molecule has 0 aliphatic heterocycles. The van der Waals surface area contributed by atoms with Crippen molar-refractivity contribution in [3.05, 3.63) is 39.4 Å². The summed E-state index contributed by atoms with van der Waals surface area (Å²) in [5.74, 6) is 0.927. The maximum absolute atomic E-state index is 11.7. The number of nitrogens with zero attached hydrogens (tertiary/aromatic N) is 3. The average molecular weight is 470 g/mol. The summed E-state index contributed by atoms with van der Waals surface area (Å²) < 4.78 is 25.9. The molecule has 2 aromatic heterocycles. The minimum absolute atomic E-state index is 0.210. The number of halogens is 2. The normalized spacial score (nSPS) is 14.1. The summed E-state index contributed by atoms with van der Waals surface area (Å²) >= 11 is 14.4. The van der Waals surface area contributed by atoms with Gasteiger partial charge in [0.1, 0.15) is 0 Å². The number of anilines is 2. The lowest BCUT2D eigenvalue weighted by Gasteiger charge is -2.12. The molecule has 2 N–H and O–H groups in total.